The first-order valence-electron chi connectivity index (χ1n) is 6.51. The van der Waals surface area contributed by atoms with Gasteiger partial charge in [0.2, 0.25) is 5.91 Å². The first-order valence-corrected chi connectivity index (χ1v) is 6.51. The molecular weight excluding hydrogens is 218 g/mol. The molecule has 0 spiro atoms. The van der Waals surface area contributed by atoms with Crippen molar-refractivity contribution in [2.45, 2.75) is 58.4 Å². The molecule has 1 atom stereocenters. The zero-order valence-corrected chi connectivity index (χ0v) is 10.7. The predicted molar refractivity (Wildman–Crippen MR) is 65.6 cm³/mol. The second-order valence-corrected chi connectivity index (χ2v) is 5.44. The second kappa shape index (κ2) is 6.62. The molecule has 4 nitrogen and oxygen atoms in total. The second-order valence-electron chi connectivity index (χ2n) is 5.44. The topological polar surface area (TPSA) is 66.4 Å². The molecule has 0 aromatic carbocycles. The highest BCUT2D eigenvalue weighted by Gasteiger charge is 2.24. The summed E-state index contributed by atoms with van der Waals surface area (Å²) in [4.78, 5) is 22.7. The normalized spacial score (nSPS) is 18.3. The summed E-state index contributed by atoms with van der Waals surface area (Å²) in [6.45, 7) is 3.91. The number of carboxylic acids is 1. The van der Waals surface area contributed by atoms with E-state index >= 15 is 0 Å². The van der Waals surface area contributed by atoms with E-state index in [1.165, 1.54) is 12.8 Å². The van der Waals surface area contributed by atoms with Gasteiger partial charge in [0.1, 0.15) is 6.04 Å². The Morgan fingerprint density at radius 3 is 2.35 bits per heavy atom. The fourth-order valence-electron chi connectivity index (χ4n) is 2.42. The largest absolute Gasteiger partial charge is 0.480 e. The number of rotatable bonds is 6. The van der Waals surface area contributed by atoms with Crippen LogP contribution in [-0.4, -0.2) is 23.0 Å². The molecule has 0 heterocycles. The van der Waals surface area contributed by atoms with Gasteiger partial charge in [-0.1, -0.05) is 26.7 Å². The van der Waals surface area contributed by atoms with E-state index in [9.17, 15) is 9.59 Å². The van der Waals surface area contributed by atoms with E-state index in [2.05, 4.69) is 5.32 Å². The number of aliphatic carboxylic acids is 1. The SMILES string of the molecule is CC(C)CC(NC(=O)CC1CCCC1)C(=O)O. The van der Waals surface area contributed by atoms with Gasteiger partial charge in [-0.25, -0.2) is 4.79 Å². The Hall–Kier alpha value is -1.06. The first-order chi connectivity index (χ1) is 7.99. The zero-order chi connectivity index (χ0) is 12.8. The average Bonchev–Trinajstić information content (AvgIpc) is 2.68. The van der Waals surface area contributed by atoms with E-state index in [0.717, 1.165) is 12.8 Å². The molecule has 1 aliphatic carbocycles. The lowest BCUT2D eigenvalue weighted by molar-refractivity contribution is -0.142. The predicted octanol–water partition coefficient (Wildman–Crippen LogP) is 2.18. The minimum absolute atomic E-state index is 0.107. The molecule has 0 aromatic rings. The monoisotopic (exact) mass is 241 g/mol. The number of carboxylic acid groups (broad SMARTS) is 1. The zero-order valence-electron chi connectivity index (χ0n) is 10.7. The maximum atomic E-state index is 11.7. The Labute approximate surface area is 103 Å². The van der Waals surface area contributed by atoms with Crippen LogP contribution in [0, 0.1) is 11.8 Å². The molecule has 0 saturated heterocycles. The molecule has 1 fully saturated rings. The fourth-order valence-corrected chi connectivity index (χ4v) is 2.42. The summed E-state index contributed by atoms with van der Waals surface area (Å²) >= 11 is 0. The van der Waals surface area contributed by atoms with Crippen LogP contribution in [0.1, 0.15) is 52.4 Å². The summed E-state index contributed by atoms with van der Waals surface area (Å²) in [5.74, 6) is -0.310. The number of amides is 1. The summed E-state index contributed by atoms with van der Waals surface area (Å²) in [5, 5.41) is 11.7. The van der Waals surface area contributed by atoms with Gasteiger partial charge in [-0.15, -0.1) is 0 Å². The molecule has 0 aromatic heterocycles. The van der Waals surface area contributed by atoms with Crippen LogP contribution in [0.25, 0.3) is 0 Å². The van der Waals surface area contributed by atoms with Crippen LogP contribution in [0.15, 0.2) is 0 Å². The Morgan fingerprint density at radius 1 is 1.29 bits per heavy atom. The van der Waals surface area contributed by atoms with Gasteiger partial charge in [0.15, 0.2) is 0 Å². The molecule has 0 bridgehead atoms. The summed E-state index contributed by atoms with van der Waals surface area (Å²) in [5.41, 5.74) is 0. The maximum absolute atomic E-state index is 11.7. The van der Waals surface area contributed by atoms with Crippen molar-refractivity contribution in [2.24, 2.45) is 11.8 Å². The molecule has 1 saturated carbocycles. The van der Waals surface area contributed by atoms with Crippen molar-refractivity contribution in [3.8, 4) is 0 Å². The molecule has 0 radical (unpaired) electrons. The van der Waals surface area contributed by atoms with Crippen LogP contribution >= 0.6 is 0 Å². The first kappa shape index (κ1) is 14.0. The van der Waals surface area contributed by atoms with Crippen molar-refractivity contribution in [3.63, 3.8) is 0 Å². The van der Waals surface area contributed by atoms with E-state index < -0.39 is 12.0 Å². The van der Waals surface area contributed by atoms with Crippen molar-refractivity contribution in [1.82, 2.24) is 5.32 Å². The Kier molecular flexibility index (Phi) is 5.45. The lowest BCUT2D eigenvalue weighted by Crippen LogP contribution is -2.42. The van der Waals surface area contributed by atoms with E-state index in [1.807, 2.05) is 13.8 Å². The molecule has 17 heavy (non-hydrogen) atoms. The van der Waals surface area contributed by atoms with E-state index in [4.69, 9.17) is 5.11 Å². The van der Waals surface area contributed by atoms with Gasteiger partial charge in [-0.05, 0) is 31.1 Å². The van der Waals surface area contributed by atoms with Crippen molar-refractivity contribution in [3.05, 3.63) is 0 Å². The van der Waals surface area contributed by atoms with Gasteiger partial charge in [-0.3, -0.25) is 4.79 Å². The average molecular weight is 241 g/mol. The molecule has 0 aliphatic heterocycles. The Bertz CT molecular complexity index is 270. The highest BCUT2D eigenvalue weighted by molar-refractivity contribution is 5.83. The quantitative estimate of drug-likeness (QED) is 0.749. The van der Waals surface area contributed by atoms with Gasteiger partial charge in [0.25, 0.3) is 0 Å². The molecule has 2 N–H and O–H groups in total. The molecule has 4 heteroatoms. The number of hydrogen-bond donors (Lipinski definition) is 2. The molecular formula is C13H23NO3. The van der Waals surface area contributed by atoms with Gasteiger partial charge in [0, 0.05) is 6.42 Å². The van der Waals surface area contributed by atoms with Gasteiger partial charge < -0.3 is 10.4 Å². The number of carbonyl (C=O) groups excluding carboxylic acids is 1. The molecule has 1 amide bonds. The van der Waals surface area contributed by atoms with Crippen LogP contribution in [-0.2, 0) is 9.59 Å². The number of carbonyl (C=O) groups is 2. The third-order valence-corrected chi connectivity index (χ3v) is 3.29. The van der Waals surface area contributed by atoms with Gasteiger partial charge in [-0.2, -0.15) is 0 Å². The maximum Gasteiger partial charge on any atom is 0.326 e. The summed E-state index contributed by atoms with van der Waals surface area (Å²) < 4.78 is 0. The summed E-state index contributed by atoms with van der Waals surface area (Å²) in [7, 11) is 0. The minimum Gasteiger partial charge on any atom is -0.480 e. The van der Waals surface area contributed by atoms with E-state index in [0.29, 0.717) is 18.8 Å². The fraction of sp³-hybridized carbons (Fsp3) is 0.846. The lowest BCUT2D eigenvalue weighted by atomic mass is 10.0. The van der Waals surface area contributed by atoms with Gasteiger partial charge in [0.05, 0.1) is 0 Å². The van der Waals surface area contributed by atoms with E-state index in [-0.39, 0.29) is 11.8 Å². The lowest BCUT2D eigenvalue weighted by Gasteiger charge is -2.17. The van der Waals surface area contributed by atoms with Crippen LogP contribution in [0.3, 0.4) is 0 Å². The van der Waals surface area contributed by atoms with E-state index in [1.54, 1.807) is 0 Å². The van der Waals surface area contributed by atoms with Gasteiger partial charge >= 0.3 is 5.97 Å². The van der Waals surface area contributed by atoms with Crippen LogP contribution in [0.2, 0.25) is 0 Å². The standard InChI is InChI=1S/C13H23NO3/c1-9(2)7-11(13(16)17)14-12(15)8-10-5-3-4-6-10/h9-11H,3-8H2,1-2H3,(H,14,15)(H,16,17). The van der Waals surface area contributed by atoms with Crippen molar-refractivity contribution in [2.75, 3.05) is 0 Å². The number of nitrogens with one attached hydrogen (secondary N) is 1. The van der Waals surface area contributed by atoms with Crippen LogP contribution < -0.4 is 5.32 Å². The third kappa shape index (κ3) is 5.20. The van der Waals surface area contributed by atoms with Crippen molar-refractivity contribution in [1.29, 1.82) is 0 Å². The highest BCUT2D eigenvalue weighted by atomic mass is 16.4. The van der Waals surface area contributed by atoms with Crippen molar-refractivity contribution >= 4 is 11.9 Å². The van der Waals surface area contributed by atoms with Crippen LogP contribution in [0.5, 0.6) is 0 Å². The minimum atomic E-state index is -0.932. The molecule has 1 unspecified atom stereocenters. The number of hydrogen-bond acceptors (Lipinski definition) is 2. The third-order valence-electron chi connectivity index (χ3n) is 3.29. The van der Waals surface area contributed by atoms with Crippen molar-refractivity contribution < 1.29 is 14.7 Å². The molecule has 1 rings (SSSR count). The molecule has 98 valence electrons. The summed E-state index contributed by atoms with van der Waals surface area (Å²) in [6.07, 6.45) is 5.59. The Balaban J connectivity index is 2.37. The van der Waals surface area contributed by atoms with Crippen LogP contribution in [0.4, 0.5) is 0 Å². The summed E-state index contributed by atoms with van der Waals surface area (Å²) in [6, 6.07) is -0.732. The highest BCUT2D eigenvalue weighted by Crippen LogP contribution is 2.27. The Morgan fingerprint density at radius 2 is 1.88 bits per heavy atom. The smallest absolute Gasteiger partial charge is 0.326 e. The molecule has 1 aliphatic rings.